The Morgan fingerprint density at radius 3 is 2.53 bits per heavy atom. The second-order valence-corrected chi connectivity index (χ2v) is 7.43. The highest BCUT2D eigenvalue weighted by atomic mass is 32.2. The largest absolute Gasteiger partial charge is 0.310 e. The van der Waals surface area contributed by atoms with Crippen molar-refractivity contribution >= 4 is 9.84 Å². The zero-order valence-corrected chi connectivity index (χ0v) is 10.2. The molecule has 88 valence electrons. The number of nitrogens with one attached hydrogen (secondary N) is 1. The number of rotatable bonds is 4. The van der Waals surface area contributed by atoms with E-state index in [1.807, 2.05) is 0 Å². The van der Waals surface area contributed by atoms with E-state index in [-0.39, 0.29) is 6.04 Å². The van der Waals surface area contributed by atoms with Gasteiger partial charge in [-0.05, 0) is 25.7 Å². The summed E-state index contributed by atoms with van der Waals surface area (Å²) in [7, 11) is -2.72. The van der Waals surface area contributed by atoms with Crippen LogP contribution < -0.4 is 5.32 Å². The van der Waals surface area contributed by atoms with Gasteiger partial charge < -0.3 is 5.32 Å². The molecule has 1 saturated heterocycles. The van der Waals surface area contributed by atoms with Crippen LogP contribution in [0.15, 0.2) is 0 Å². The smallest absolute Gasteiger partial charge is 0.151 e. The predicted octanol–water partition coefficient (Wildman–Crippen LogP) is 1.34. The standard InChI is InChI=1S/C11H21NO2S/c1-9(7-10-3-2-4-10)12-11-5-6-15(13,14)8-11/h9-12H,2-8H2,1H3. The molecule has 2 fully saturated rings. The van der Waals surface area contributed by atoms with E-state index in [0.29, 0.717) is 17.5 Å². The molecule has 0 aromatic heterocycles. The van der Waals surface area contributed by atoms with E-state index in [0.717, 1.165) is 12.3 Å². The fourth-order valence-electron chi connectivity index (χ4n) is 2.63. The Kier molecular flexibility index (Phi) is 3.36. The molecule has 0 spiro atoms. The van der Waals surface area contributed by atoms with Gasteiger partial charge in [0.2, 0.25) is 0 Å². The lowest BCUT2D eigenvalue weighted by Gasteiger charge is -2.29. The van der Waals surface area contributed by atoms with Crippen LogP contribution in [0.25, 0.3) is 0 Å². The summed E-state index contributed by atoms with van der Waals surface area (Å²) < 4.78 is 22.5. The number of sulfone groups is 1. The molecule has 1 saturated carbocycles. The highest BCUT2D eigenvalue weighted by molar-refractivity contribution is 7.91. The highest BCUT2D eigenvalue weighted by Gasteiger charge is 2.29. The quantitative estimate of drug-likeness (QED) is 0.794. The van der Waals surface area contributed by atoms with Crippen molar-refractivity contribution in [1.29, 1.82) is 0 Å². The summed E-state index contributed by atoms with van der Waals surface area (Å²) in [5.74, 6) is 1.62. The number of hydrogen-bond acceptors (Lipinski definition) is 3. The molecule has 1 N–H and O–H groups in total. The Hall–Kier alpha value is -0.0900. The Morgan fingerprint density at radius 1 is 1.33 bits per heavy atom. The lowest BCUT2D eigenvalue weighted by atomic mass is 9.81. The van der Waals surface area contributed by atoms with E-state index in [1.54, 1.807) is 0 Å². The lowest BCUT2D eigenvalue weighted by Crippen LogP contribution is -2.39. The molecule has 0 aromatic carbocycles. The molecular weight excluding hydrogens is 210 g/mol. The fourth-order valence-corrected chi connectivity index (χ4v) is 4.31. The van der Waals surface area contributed by atoms with Crippen LogP contribution in [0.4, 0.5) is 0 Å². The van der Waals surface area contributed by atoms with Crippen molar-refractivity contribution in [2.24, 2.45) is 5.92 Å². The van der Waals surface area contributed by atoms with Gasteiger partial charge in [-0.3, -0.25) is 0 Å². The van der Waals surface area contributed by atoms with Crippen LogP contribution in [0.3, 0.4) is 0 Å². The maximum absolute atomic E-state index is 11.3. The van der Waals surface area contributed by atoms with E-state index in [2.05, 4.69) is 12.2 Å². The van der Waals surface area contributed by atoms with E-state index in [1.165, 1.54) is 25.7 Å². The molecule has 0 aromatic rings. The summed E-state index contributed by atoms with van der Waals surface area (Å²) in [6.45, 7) is 2.18. The van der Waals surface area contributed by atoms with Crippen molar-refractivity contribution in [1.82, 2.24) is 5.32 Å². The Bertz CT molecular complexity index is 309. The van der Waals surface area contributed by atoms with E-state index in [4.69, 9.17) is 0 Å². The van der Waals surface area contributed by atoms with Gasteiger partial charge in [-0.1, -0.05) is 19.3 Å². The molecule has 1 heterocycles. The van der Waals surface area contributed by atoms with Gasteiger partial charge in [-0.15, -0.1) is 0 Å². The minimum absolute atomic E-state index is 0.213. The Balaban J connectivity index is 1.72. The average Bonchev–Trinajstić information content (AvgIpc) is 2.38. The summed E-state index contributed by atoms with van der Waals surface area (Å²) in [4.78, 5) is 0. The van der Waals surface area contributed by atoms with Crippen molar-refractivity contribution in [2.75, 3.05) is 11.5 Å². The van der Waals surface area contributed by atoms with Crippen LogP contribution in [0.2, 0.25) is 0 Å². The monoisotopic (exact) mass is 231 g/mol. The highest BCUT2D eigenvalue weighted by Crippen LogP contribution is 2.30. The molecule has 0 radical (unpaired) electrons. The topological polar surface area (TPSA) is 46.2 Å². The minimum Gasteiger partial charge on any atom is -0.310 e. The SMILES string of the molecule is CC(CC1CCC1)NC1CCS(=O)(=O)C1. The van der Waals surface area contributed by atoms with Crippen molar-refractivity contribution in [3.05, 3.63) is 0 Å². The summed E-state index contributed by atoms with van der Waals surface area (Å²) >= 11 is 0. The third-order valence-corrected chi connectivity index (χ3v) is 5.43. The Morgan fingerprint density at radius 2 is 2.07 bits per heavy atom. The van der Waals surface area contributed by atoms with Gasteiger partial charge in [0.15, 0.2) is 9.84 Å². The maximum Gasteiger partial charge on any atom is 0.151 e. The van der Waals surface area contributed by atoms with Gasteiger partial charge in [0, 0.05) is 12.1 Å². The summed E-state index contributed by atoms with van der Waals surface area (Å²) in [6.07, 6.45) is 6.15. The first-order valence-electron chi connectivity index (χ1n) is 6.01. The molecule has 15 heavy (non-hydrogen) atoms. The van der Waals surface area contributed by atoms with Crippen molar-refractivity contribution in [3.63, 3.8) is 0 Å². The van der Waals surface area contributed by atoms with Gasteiger partial charge in [0.1, 0.15) is 0 Å². The predicted molar refractivity (Wildman–Crippen MR) is 61.6 cm³/mol. The molecule has 0 amide bonds. The van der Waals surface area contributed by atoms with Crippen LogP contribution in [0.1, 0.15) is 39.0 Å². The van der Waals surface area contributed by atoms with Crippen molar-refractivity contribution in [2.45, 2.75) is 51.1 Å². The van der Waals surface area contributed by atoms with Gasteiger partial charge >= 0.3 is 0 Å². The van der Waals surface area contributed by atoms with Crippen LogP contribution in [0, 0.1) is 5.92 Å². The summed E-state index contributed by atoms with van der Waals surface area (Å²) in [5, 5.41) is 3.45. The third-order valence-electron chi connectivity index (χ3n) is 3.66. The normalized spacial score (nSPS) is 32.5. The van der Waals surface area contributed by atoms with Crippen molar-refractivity contribution in [3.8, 4) is 0 Å². The molecule has 2 atom stereocenters. The first-order chi connectivity index (χ1) is 7.05. The van der Waals surface area contributed by atoms with E-state index < -0.39 is 9.84 Å². The van der Waals surface area contributed by atoms with Crippen LogP contribution in [-0.2, 0) is 9.84 Å². The zero-order chi connectivity index (χ0) is 10.9. The fraction of sp³-hybridized carbons (Fsp3) is 1.00. The molecule has 1 aliphatic carbocycles. The minimum atomic E-state index is -2.72. The second-order valence-electron chi connectivity index (χ2n) is 5.20. The lowest BCUT2D eigenvalue weighted by molar-refractivity contribution is 0.259. The first-order valence-corrected chi connectivity index (χ1v) is 7.84. The van der Waals surface area contributed by atoms with Crippen LogP contribution >= 0.6 is 0 Å². The van der Waals surface area contributed by atoms with Gasteiger partial charge in [0.05, 0.1) is 11.5 Å². The molecule has 2 unspecified atom stereocenters. The van der Waals surface area contributed by atoms with E-state index >= 15 is 0 Å². The maximum atomic E-state index is 11.3. The summed E-state index contributed by atoms with van der Waals surface area (Å²) in [6, 6.07) is 0.693. The molecule has 4 heteroatoms. The van der Waals surface area contributed by atoms with Gasteiger partial charge in [-0.25, -0.2) is 8.42 Å². The van der Waals surface area contributed by atoms with Crippen LogP contribution in [0.5, 0.6) is 0 Å². The first kappa shape index (κ1) is 11.4. The Labute approximate surface area is 92.6 Å². The third kappa shape index (κ3) is 3.18. The average molecular weight is 231 g/mol. The molecule has 0 bridgehead atoms. The summed E-state index contributed by atoms with van der Waals surface area (Å²) in [5.41, 5.74) is 0. The van der Waals surface area contributed by atoms with E-state index in [9.17, 15) is 8.42 Å². The van der Waals surface area contributed by atoms with Crippen molar-refractivity contribution < 1.29 is 8.42 Å². The zero-order valence-electron chi connectivity index (χ0n) is 9.41. The van der Waals surface area contributed by atoms with Gasteiger partial charge in [0.25, 0.3) is 0 Å². The number of hydrogen-bond donors (Lipinski definition) is 1. The molecular formula is C11H21NO2S. The van der Waals surface area contributed by atoms with Crippen LogP contribution in [-0.4, -0.2) is 32.0 Å². The molecule has 2 rings (SSSR count). The van der Waals surface area contributed by atoms with Gasteiger partial charge in [-0.2, -0.15) is 0 Å². The molecule has 2 aliphatic rings. The molecule has 1 aliphatic heterocycles. The second kappa shape index (κ2) is 4.42. The molecule has 3 nitrogen and oxygen atoms in total.